The van der Waals surface area contributed by atoms with E-state index in [4.69, 9.17) is 4.74 Å². The van der Waals surface area contributed by atoms with Gasteiger partial charge in [0, 0.05) is 12.2 Å². The smallest absolute Gasteiger partial charge is 0.255 e. The predicted octanol–water partition coefficient (Wildman–Crippen LogP) is 3.22. The first-order valence-electron chi connectivity index (χ1n) is 12.8. The number of fused-ring (bicyclic) bond motifs is 1. The van der Waals surface area contributed by atoms with E-state index in [-0.39, 0.29) is 41.8 Å². The summed E-state index contributed by atoms with van der Waals surface area (Å²) in [6.45, 7) is 5.18. The fraction of sp³-hybridized carbons (Fsp3) is 0.481. The minimum atomic E-state index is -1.50. The number of piperidine rings is 1. The Bertz CT molecular complexity index is 1390. The van der Waals surface area contributed by atoms with E-state index in [1.165, 1.54) is 18.2 Å². The van der Waals surface area contributed by atoms with Crippen molar-refractivity contribution in [2.75, 3.05) is 19.7 Å². The number of H-pyrrole nitrogens is 1. The van der Waals surface area contributed by atoms with Crippen molar-refractivity contribution in [2.24, 2.45) is 5.92 Å². The van der Waals surface area contributed by atoms with Crippen LogP contribution >= 0.6 is 0 Å². The summed E-state index contributed by atoms with van der Waals surface area (Å²) < 4.78 is 36.3. The van der Waals surface area contributed by atoms with Crippen LogP contribution in [0.2, 0.25) is 0 Å². The fourth-order valence-corrected chi connectivity index (χ4v) is 4.86. The number of carbonyl (C=O) groups excluding carboxylic acids is 2. The lowest BCUT2D eigenvalue weighted by atomic mass is 10.0. The molecule has 0 radical (unpaired) electrons. The summed E-state index contributed by atoms with van der Waals surface area (Å²) in [5, 5.41) is 12.2. The van der Waals surface area contributed by atoms with Crippen LogP contribution in [0.25, 0.3) is 22.3 Å². The molecule has 2 amide bonds. The van der Waals surface area contributed by atoms with Gasteiger partial charge in [-0.25, -0.2) is 18.7 Å². The van der Waals surface area contributed by atoms with E-state index in [1.54, 1.807) is 26.0 Å². The first-order valence-corrected chi connectivity index (χ1v) is 12.8. The number of nitrogens with one attached hydrogen (secondary N) is 2. The van der Waals surface area contributed by atoms with Crippen LogP contribution in [-0.2, 0) is 4.79 Å². The fourth-order valence-electron chi connectivity index (χ4n) is 4.86. The molecule has 3 heterocycles. The summed E-state index contributed by atoms with van der Waals surface area (Å²) >= 11 is 0. The molecule has 202 valence electrons. The van der Waals surface area contributed by atoms with Gasteiger partial charge in [0.25, 0.3) is 11.8 Å². The van der Waals surface area contributed by atoms with Crippen molar-refractivity contribution < 1.29 is 28.2 Å². The van der Waals surface area contributed by atoms with Gasteiger partial charge >= 0.3 is 0 Å². The molecule has 11 heteroatoms. The Balaban J connectivity index is 1.44. The number of aromatic amines is 1. The maximum Gasteiger partial charge on any atom is 0.255 e. The maximum atomic E-state index is 15.5. The molecule has 1 aliphatic carbocycles. The van der Waals surface area contributed by atoms with Gasteiger partial charge in [-0.2, -0.15) is 0 Å². The van der Waals surface area contributed by atoms with Crippen LogP contribution in [0.4, 0.5) is 8.78 Å². The summed E-state index contributed by atoms with van der Waals surface area (Å²) in [5.74, 6) is -0.696. The highest BCUT2D eigenvalue weighted by molar-refractivity contribution is 6.09. The lowest BCUT2D eigenvalue weighted by Crippen LogP contribution is -2.55. The zero-order valence-electron chi connectivity index (χ0n) is 21.6. The van der Waals surface area contributed by atoms with E-state index in [0.717, 1.165) is 12.8 Å². The molecule has 0 unspecified atom stereocenters. The Labute approximate surface area is 218 Å². The molecule has 3 aromatic rings. The topological polar surface area (TPSA) is 120 Å². The molecule has 2 aliphatic rings. The number of carbonyl (C=O) groups is 2. The second-order valence-electron chi connectivity index (χ2n) is 10.2. The number of aryl methyl sites for hydroxylation is 2. The van der Waals surface area contributed by atoms with Crippen molar-refractivity contribution >= 4 is 22.8 Å². The number of nitrogens with zero attached hydrogens (tertiary/aromatic N) is 3. The highest BCUT2D eigenvalue weighted by atomic mass is 19.1. The number of benzene rings is 1. The molecule has 2 fully saturated rings. The molecule has 5 rings (SSSR count). The van der Waals surface area contributed by atoms with Crippen molar-refractivity contribution in [2.45, 2.75) is 58.4 Å². The normalized spacial score (nSPS) is 20.4. The van der Waals surface area contributed by atoms with Crippen molar-refractivity contribution in [3.63, 3.8) is 0 Å². The van der Waals surface area contributed by atoms with Crippen molar-refractivity contribution in [1.82, 2.24) is 25.2 Å². The lowest BCUT2D eigenvalue weighted by Gasteiger charge is -2.35. The molecule has 1 aromatic carbocycles. The summed E-state index contributed by atoms with van der Waals surface area (Å²) in [6, 6.07) is 2.57. The zero-order valence-corrected chi connectivity index (χ0v) is 21.6. The highest BCUT2D eigenvalue weighted by Gasteiger charge is 2.35. The Morgan fingerprint density at radius 1 is 1.26 bits per heavy atom. The van der Waals surface area contributed by atoms with Crippen LogP contribution in [-0.4, -0.2) is 74.8 Å². The average molecular weight is 528 g/mol. The van der Waals surface area contributed by atoms with Crippen LogP contribution < -0.4 is 10.1 Å². The zero-order chi connectivity index (χ0) is 27.1. The Kier molecular flexibility index (Phi) is 7.04. The number of ether oxygens (including phenoxy) is 1. The third-order valence-electron chi connectivity index (χ3n) is 7.23. The number of amides is 2. The van der Waals surface area contributed by atoms with Crippen LogP contribution in [0, 0.1) is 25.6 Å². The molecule has 38 heavy (non-hydrogen) atoms. The highest BCUT2D eigenvalue weighted by Crippen LogP contribution is 2.39. The number of likely N-dealkylation sites (tertiary alicyclic amines) is 1. The van der Waals surface area contributed by atoms with Gasteiger partial charge in [0.2, 0.25) is 0 Å². The molecule has 3 N–H and O–H groups in total. The number of aliphatic hydroxyl groups is 1. The summed E-state index contributed by atoms with van der Waals surface area (Å²) in [6.07, 6.45) is 0.930. The molecule has 1 saturated heterocycles. The van der Waals surface area contributed by atoms with Crippen LogP contribution in [0.3, 0.4) is 0 Å². The Morgan fingerprint density at radius 3 is 2.71 bits per heavy atom. The van der Waals surface area contributed by atoms with E-state index in [9.17, 15) is 19.1 Å². The van der Waals surface area contributed by atoms with Gasteiger partial charge in [-0.3, -0.25) is 9.59 Å². The standard InChI is InChI=1S/C27H31F2N5O4/c1-13-4-7-19(38-11-16-5-6-16)21(22(13)29)24-25-23(30-12-31-24)20(14(2)32-25)26(36)33-18-8-9-34(10-17(18)28)27(37)15(3)35/h4,7,12,15-18,32,35H,5-6,8-11H2,1-3H3,(H,33,36)/t15-,17+,18+/m0/s1. The predicted molar refractivity (Wildman–Crippen MR) is 136 cm³/mol. The third-order valence-corrected chi connectivity index (χ3v) is 7.23. The molecule has 1 aliphatic heterocycles. The third kappa shape index (κ3) is 4.94. The van der Waals surface area contributed by atoms with Crippen LogP contribution in [0.15, 0.2) is 18.5 Å². The number of rotatable bonds is 7. The molecule has 1 saturated carbocycles. The van der Waals surface area contributed by atoms with Gasteiger partial charge < -0.3 is 25.0 Å². The van der Waals surface area contributed by atoms with E-state index < -0.39 is 35.9 Å². The number of alkyl halides is 1. The molecule has 3 atom stereocenters. The van der Waals surface area contributed by atoms with Crippen molar-refractivity contribution in [1.29, 1.82) is 0 Å². The van der Waals surface area contributed by atoms with E-state index in [2.05, 4.69) is 20.3 Å². The van der Waals surface area contributed by atoms with Crippen molar-refractivity contribution in [3.05, 3.63) is 41.1 Å². The lowest BCUT2D eigenvalue weighted by molar-refractivity contribution is -0.141. The van der Waals surface area contributed by atoms with Gasteiger partial charge in [0.15, 0.2) is 0 Å². The number of hydrogen-bond donors (Lipinski definition) is 3. The van der Waals surface area contributed by atoms with Gasteiger partial charge in [-0.1, -0.05) is 6.07 Å². The average Bonchev–Trinajstić information content (AvgIpc) is 3.65. The summed E-state index contributed by atoms with van der Waals surface area (Å²) in [7, 11) is 0. The molecular weight excluding hydrogens is 496 g/mol. The van der Waals surface area contributed by atoms with Crippen LogP contribution in [0.5, 0.6) is 5.75 Å². The summed E-state index contributed by atoms with van der Waals surface area (Å²) in [4.78, 5) is 38.4. The molecule has 9 nitrogen and oxygen atoms in total. The number of aromatic nitrogens is 3. The molecular formula is C27H31F2N5O4. The number of halogens is 2. The van der Waals surface area contributed by atoms with Gasteiger partial charge in [-0.15, -0.1) is 0 Å². The quantitative estimate of drug-likeness (QED) is 0.434. The van der Waals surface area contributed by atoms with Gasteiger partial charge in [0.05, 0.1) is 35.8 Å². The number of aliphatic hydroxyl groups excluding tert-OH is 1. The van der Waals surface area contributed by atoms with E-state index in [1.807, 2.05) is 0 Å². The van der Waals surface area contributed by atoms with Crippen LogP contribution in [0.1, 0.15) is 47.8 Å². The Hall–Kier alpha value is -3.60. The molecule has 2 aromatic heterocycles. The first kappa shape index (κ1) is 26.0. The minimum Gasteiger partial charge on any atom is -0.492 e. The van der Waals surface area contributed by atoms with E-state index in [0.29, 0.717) is 35.0 Å². The molecule has 0 bridgehead atoms. The van der Waals surface area contributed by atoms with Crippen molar-refractivity contribution in [3.8, 4) is 17.0 Å². The molecule has 0 spiro atoms. The number of hydrogen-bond acceptors (Lipinski definition) is 6. The van der Waals surface area contributed by atoms with Gasteiger partial charge in [-0.05, 0) is 57.6 Å². The minimum absolute atomic E-state index is 0.198. The maximum absolute atomic E-state index is 15.5. The first-order chi connectivity index (χ1) is 18.2. The second-order valence-corrected chi connectivity index (χ2v) is 10.2. The second kappa shape index (κ2) is 10.3. The monoisotopic (exact) mass is 527 g/mol. The van der Waals surface area contributed by atoms with E-state index >= 15 is 4.39 Å². The Morgan fingerprint density at radius 2 is 2.03 bits per heavy atom. The largest absolute Gasteiger partial charge is 0.492 e. The SMILES string of the molecule is Cc1ccc(OCC2CC2)c(-c2ncnc3c(C(=O)N[C@@H]4CCN(C(=O)[C@H](C)O)C[C@H]4F)c(C)[nH]c23)c1F. The van der Waals surface area contributed by atoms with Gasteiger partial charge in [0.1, 0.15) is 41.4 Å². The summed E-state index contributed by atoms with van der Waals surface area (Å²) in [5.41, 5.74) is 2.27.